The number of halogens is 1. The van der Waals surface area contributed by atoms with E-state index >= 15 is 0 Å². The van der Waals surface area contributed by atoms with Crippen LogP contribution < -0.4 is 10.8 Å². The molecule has 28 heavy (non-hydrogen) atoms. The molecule has 0 spiro atoms. The van der Waals surface area contributed by atoms with Crippen molar-refractivity contribution in [3.8, 4) is 6.07 Å². The molecule has 0 bridgehead atoms. The van der Waals surface area contributed by atoms with Crippen molar-refractivity contribution in [1.82, 2.24) is 0 Å². The van der Waals surface area contributed by atoms with Crippen LogP contribution in [0.15, 0.2) is 12.1 Å². The quantitative estimate of drug-likeness (QED) is 0.600. The highest BCUT2D eigenvalue weighted by molar-refractivity contribution is 7.23. The van der Waals surface area contributed by atoms with Gasteiger partial charge in [0, 0.05) is 24.0 Å². The zero-order chi connectivity index (χ0) is 20.7. The Bertz CT molecular complexity index is 909. The normalized spacial score (nSPS) is 18.1. The summed E-state index contributed by atoms with van der Waals surface area (Å²) < 4.78 is 31.9. The van der Waals surface area contributed by atoms with Crippen LogP contribution in [0.5, 0.6) is 0 Å². The molecule has 2 heterocycles. The molecule has 1 unspecified atom stereocenters. The fourth-order valence-corrected chi connectivity index (χ4v) is 4.05. The molecule has 0 saturated carbocycles. The molecule has 1 aliphatic rings. The van der Waals surface area contributed by atoms with Gasteiger partial charge in [0.2, 0.25) is 6.41 Å². The monoisotopic (exact) mass is 406 g/mol. The van der Waals surface area contributed by atoms with Crippen molar-refractivity contribution >= 4 is 39.0 Å². The van der Waals surface area contributed by atoms with Gasteiger partial charge in [-0.15, -0.1) is 11.3 Å². The average Bonchev–Trinajstić information content (AvgIpc) is 2.93. The van der Waals surface area contributed by atoms with Crippen molar-refractivity contribution in [2.45, 2.75) is 46.6 Å². The van der Waals surface area contributed by atoms with Gasteiger partial charge >= 0.3 is 7.12 Å². The van der Waals surface area contributed by atoms with E-state index in [1.165, 1.54) is 6.07 Å². The maximum Gasteiger partial charge on any atom is 0.494 e. The summed E-state index contributed by atoms with van der Waals surface area (Å²) in [5.74, 6) is -0.448. The Morgan fingerprint density at radius 2 is 2.00 bits per heavy atom. The van der Waals surface area contributed by atoms with Gasteiger partial charge in [-0.1, -0.05) is 19.9 Å². The molecule has 9 heteroatoms. The van der Waals surface area contributed by atoms with Crippen LogP contribution in [-0.2, 0) is 14.0 Å². The molecule has 6 nitrogen and oxygen atoms in total. The van der Waals surface area contributed by atoms with Crippen LogP contribution in [0.2, 0.25) is 0 Å². The fourth-order valence-electron chi connectivity index (χ4n) is 2.95. The third-order valence-electron chi connectivity index (χ3n) is 4.16. The van der Waals surface area contributed by atoms with E-state index in [1.54, 1.807) is 26.8 Å². The molecular weight excluding hydrogens is 382 g/mol. The van der Waals surface area contributed by atoms with Crippen molar-refractivity contribution in [1.29, 1.82) is 5.26 Å². The van der Waals surface area contributed by atoms with Crippen LogP contribution >= 0.6 is 11.3 Å². The van der Waals surface area contributed by atoms with E-state index in [-0.39, 0.29) is 11.0 Å². The van der Waals surface area contributed by atoms with Gasteiger partial charge in [0.15, 0.2) is 0 Å². The summed E-state index contributed by atoms with van der Waals surface area (Å²) >= 11 is 1.05. The number of rotatable bonds is 4. The zero-order valence-corrected chi connectivity index (χ0v) is 17.4. The number of aliphatic hydroxyl groups excluding tert-OH is 1. The lowest BCUT2D eigenvalue weighted by Crippen LogP contribution is -2.47. The van der Waals surface area contributed by atoms with E-state index in [0.717, 1.165) is 11.3 Å². The van der Waals surface area contributed by atoms with Crippen LogP contribution in [0.1, 0.15) is 40.2 Å². The maximum atomic E-state index is 14.5. The number of nitrogens with zero attached hydrogens (tertiary/aromatic N) is 1. The van der Waals surface area contributed by atoms with Crippen molar-refractivity contribution in [2.24, 2.45) is 5.41 Å². The SMILES string of the molecule is CC1(C)COB(c2ccc(F)c3sc(NC(O)OC(C)(C)C)c(C#N)c23)OC1. The van der Waals surface area contributed by atoms with Crippen LogP contribution in [0.25, 0.3) is 10.1 Å². The van der Waals surface area contributed by atoms with Gasteiger partial charge in [-0.05, 0) is 32.3 Å². The van der Waals surface area contributed by atoms with Crippen molar-refractivity contribution in [3.63, 3.8) is 0 Å². The van der Waals surface area contributed by atoms with E-state index in [2.05, 4.69) is 11.4 Å². The zero-order valence-electron chi connectivity index (χ0n) is 16.6. The van der Waals surface area contributed by atoms with E-state index < -0.39 is 25.0 Å². The predicted octanol–water partition coefficient (Wildman–Crippen LogP) is 3.18. The Morgan fingerprint density at radius 1 is 1.36 bits per heavy atom. The number of thiophene rings is 1. The molecule has 0 radical (unpaired) electrons. The van der Waals surface area contributed by atoms with E-state index in [9.17, 15) is 14.8 Å². The number of hydrogen-bond acceptors (Lipinski definition) is 7. The van der Waals surface area contributed by atoms with E-state index in [0.29, 0.717) is 33.8 Å². The van der Waals surface area contributed by atoms with Gasteiger partial charge in [-0.25, -0.2) is 4.39 Å². The summed E-state index contributed by atoms with van der Waals surface area (Å²) in [6.07, 6.45) is -1.34. The van der Waals surface area contributed by atoms with Gasteiger partial charge in [0.25, 0.3) is 0 Å². The molecule has 2 aromatic rings. The fraction of sp³-hybridized carbons (Fsp3) is 0.526. The summed E-state index contributed by atoms with van der Waals surface area (Å²) in [7, 11) is -0.679. The van der Waals surface area contributed by atoms with E-state index in [1.807, 2.05) is 13.8 Å². The molecule has 3 rings (SSSR count). The van der Waals surface area contributed by atoms with Gasteiger partial charge in [0.1, 0.15) is 16.9 Å². The Labute approximate surface area is 168 Å². The first-order valence-corrected chi connectivity index (χ1v) is 9.83. The van der Waals surface area contributed by atoms with Gasteiger partial charge in [0.05, 0.1) is 15.9 Å². The number of hydrogen-bond donors (Lipinski definition) is 2. The Kier molecular flexibility index (Phi) is 5.72. The summed E-state index contributed by atoms with van der Waals surface area (Å²) in [5.41, 5.74) is 0.119. The van der Waals surface area contributed by atoms with Crippen molar-refractivity contribution in [2.75, 3.05) is 18.5 Å². The summed E-state index contributed by atoms with van der Waals surface area (Å²) in [6.45, 7) is 10.4. The first-order valence-electron chi connectivity index (χ1n) is 9.01. The second-order valence-electron chi connectivity index (χ2n) is 8.60. The molecule has 150 valence electrons. The highest BCUT2D eigenvalue weighted by atomic mass is 32.1. The first-order chi connectivity index (χ1) is 13.0. The highest BCUT2D eigenvalue weighted by Gasteiger charge is 2.36. The molecule has 0 aliphatic carbocycles. The number of aliphatic hydroxyl groups is 1. The molecule has 1 aromatic heterocycles. The van der Waals surface area contributed by atoms with Gasteiger partial charge < -0.3 is 24.5 Å². The molecule has 1 saturated heterocycles. The third kappa shape index (κ3) is 4.48. The second-order valence-corrected chi connectivity index (χ2v) is 9.62. The standard InChI is InChI=1S/C19H24BFN2O4S/c1-18(2,3)27-17(24)23-16-11(8-22)14-12(6-7-13(21)15(14)28-16)20-25-9-19(4,5)10-26-20/h6-7,17,23-24H,9-10H2,1-5H3. The van der Waals surface area contributed by atoms with Gasteiger partial charge in [-0.2, -0.15) is 5.26 Å². The van der Waals surface area contributed by atoms with Crippen molar-refractivity contribution < 1.29 is 23.5 Å². The van der Waals surface area contributed by atoms with Crippen LogP contribution in [0, 0.1) is 22.6 Å². The number of ether oxygens (including phenoxy) is 1. The Morgan fingerprint density at radius 3 is 2.57 bits per heavy atom. The molecule has 1 atom stereocenters. The largest absolute Gasteiger partial charge is 0.494 e. The smallest absolute Gasteiger partial charge is 0.407 e. The molecule has 2 N–H and O–H groups in total. The number of fused-ring (bicyclic) bond motifs is 1. The Balaban J connectivity index is 2.00. The van der Waals surface area contributed by atoms with Crippen molar-refractivity contribution in [3.05, 3.63) is 23.5 Å². The minimum Gasteiger partial charge on any atom is -0.407 e. The molecular formula is C19H24BFN2O4S. The van der Waals surface area contributed by atoms with E-state index in [4.69, 9.17) is 14.0 Å². The van der Waals surface area contributed by atoms with Crippen LogP contribution in [0.4, 0.5) is 9.39 Å². The Hall–Kier alpha value is -1.70. The second kappa shape index (κ2) is 7.62. The number of nitrogens with one attached hydrogen (secondary N) is 1. The topological polar surface area (TPSA) is 83.7 Å². The first kappa shape index (κ1) is 21.0. The third-order valence-corrected chi connectivity index (χ3v) is 5.29. The average molecular weight is 406 g/mol. The lowest BCUT2D eigenvalue weighted by Gasteiger charge is -2.33. The summed E-state index contributed by atoms with van der Waals surface area (Å²) in [6, 6.07) is 5.04. The number of nitriles is 1. The molecule has 1 aliphatic heterocycles. The molecule has 1 aromatic carbocycles. The summed E-state index contributed by atoms with van der Waals surface area (Å²) in [4.78, 5) is 0. The lowest BCUT2D eigenvalue weighted by molar-refractivity contribution is -0.148. The maximum absolute atomic E-state index is 14.5. The van der Waals surface area contributed by atoms with Crippen LogP contribution in [-0.4, -0.2) is 37.5 Å². The lowest BCUT2D eigenvalue weighted by atomic mass is 9.73. The van der Waals surface area contributed by atoms with Crippen LogP contribution in [0.3, 0.4) is 0 Å². The molecule has 1 fully saturated rings. The summed E-state index contributed by atoms with van der Waals surface area (Å²) in [5, 5.41) is 23.4. The minimum absolute atomic E-state index is 0.108. The number of benzene rings is 1. The highest BCUT2D eigenvalue weighted by Crippen LogP contribution is 2.37. The minimum atomic E-state index is -1.34. The van der Waals surface area contributed by atoms with Gasteiger partial charge in [-0.3, -0.25) is 0 Å². The molecule has 0 amide bonds. The number of anilines is 1. The predicted molar refractivity (Wildman–Crippen MR) is 108 cm³/mol.